The maximum absolute atomic E-state index is 4.62. The minimum absolute atomic E-state index is 1.02. The summed E-state index contributed by atoms with van der Waals surface area (Å²) in [5.41, 5.74) is 3.36. The largest absolute Gasteiger partial charge is 0.231 e. The Morgan fingerprint density at radius 1 is 1.06 bits per heavy atom. The number of unbranched alkanes of at least 4 members (excludes halogenated alkanes) is 4. The van der Waals surface area contributed by atoms with Gasteiger partial charge in [0.1, 0.15) is 5.84 Å². The maximum Gasteiger partial charge on any atom is 0.129 e. The molecular weight excluding hydrogens is 208 g/mol. The van der Waals surface area contributed by atoms with E-state index in [9.17, 15) is 0 Å². The summed E-state index contributed by atoms with van der Waals surface area (Å²) < 4.78 is 0. The first-order chi connectivity index (χ1) is 8.31. The molecule has 0 atom stereocenters. The lowest BCUT2D eigenvalue weighted by Gasteiger charge is -2.00. The summed E-state index contributed by atoms with van der Waals surface area (Å²) >= 11 is 0. The number of amidine groups is 1. The van der Waals surface area contributed by atoms with Gasteiger partial charge in [-0.2, -0.15) is 0 Å². The van der Waals surface area contributed by atoms with Crippen LogP contribution in [0.3, 0.4) is 0 Å². The van der Waals surface area contributed by atoms with Crippen LogP contribution in [0, 0.1) is 6.92 Å². The first kappa shape index (κ1) is 12.2. The molecule has 2 rings (SSSR count). The smallest absolute Gasteiger partial charge is 0.129 e. The van der Waals surface area contributed by atoms with Gasteiger partial charge < -0.3 is 0 Å². The second kappa shape index (κ2) is 5.85. The third kappa shape index (κ3) is 3.09. The van der Waals surface area contributed by atoms with Gasteiger partial charge in [0.25, 0.3) is 0 Å². The monoisotopic (exact) mass is 229 g/mol. The first-order valence-corrected chi connectivity index (χ1v) is 6.70. The van der Waals surface area contributed by atoms with Crippen molar-refractivity contribution in [3.05, 3.63) is 23.8 Å². The third-order valence-electron chi connectivity index (χ3n) is 3.21. The number of rotatable bonds is 6. The van der Waals surface area contributed by atoms with E-state index in [-0.39, 0.29) is 0 Å². The Bertz CT molecular complexity index is 407. The minimum atomic E-state index is 1.02. The van der Waals surface area contributed by atoms with Gasteiger partial charge in [-0.05, 0) is 25.0 Å². The quantitative estimate of drug-likeness (QED) is 0.636. The molecule has 0 N–H and O–H groups in total. The maximum atomic E-state index is 4.62. The predicted molar refractivity (Wildman–Crippen MR) is 73.4 cm³/mol. The molecule has 0 saturated carbocycles. The van der Waals surface area contributed by atoms with Crippen LogP contribution in [-0.2, 0) is 0 Å². The lowest BCUT2D eigenvalue weighted by Crippen LogP contribution is -2.05. The fourth-order valence-electron chi connectivity index (χ4n) is 2.17. The molecule has 1 radical (unpaired) electrons. The molecule has 0 amide bonds. The molecule has 1 aliphatic rings. The highest BCUT2D eigenvalue weighted by molar-refractivity contribution is 5.96. The number of hydrogen-bond acceptors (Lipinski definition) is 1. The molecule has 0 saturated heterocycles. The molecule has 0 aromatic heterocycles. The zero-order valence-electron chi connectivity index (χ0n) is 10.9. The summed E-state index contributed by atoms with van der Waals surface area (Å²) in [6.45, 7) is 4.35. The topological polar surface area (TPSA) is 26.5 Å². The van der Waals surface area contributed by atoms with Gasteiger partial charge in [0.15, 0.2) is 0 Å². The van der Waals surface area contributed by atoms with Crippen molar-refractivity contribution in [2.24, 2.45) is 4.99 Å². The van der Waals surface area contributed by atoms with Crippen molar-refractivity contribution in [1.82, 2.24) is 5.32 Å². The second-order valence-electron chi connectivity index (χ2n) is 4.75. The van der Waals surface area contributed by atoms with Crippen molar-refractivity contribution >= 4 is 17.2 Å². The Morgan fingerprint density at radius 2 is 1.88 bits per heavy atom. The molecule has 1 heterocycles. The van der Waals surface area contributed by atoms with Crippen molar-refractivity contribution in [2.75, 3.05) is 0 Å². The van der Waals surface area contributed by atoms with Crippen molar-refractivity contribution in [2.45, 2.75) is 52.4 Å². The molecule has 0 spiro atoms. The van der Waals surface area contributed by atoms with Crippen LogP contribution in [0.25, 0.3) is 0 Å². The number of hydrogen-bond donors (Lipinski definition) is 0. The van der Waals surface area contributed by atoms with E-state index in [0.717, 1.165) is 23.6 Å². The average molecular weight is 229 g/mol. The molecule has 0 fully saturated rings. The molecule has 1 aromatic carbocycles. The Balaban J connectivity index is 1.82. The van der Waals surface area contributed by atoms with E-state index in [1.807, 2.05) is 0 Å². The average Bonchev–Trinajstić information content (AvgIpc) is 2.73. The van der Waals surface area contributed by atoms with E-state index in [2.05, 4.69) is 42.4 Å². The van der Waals surface area contributed by atoms with Gasteiger partial charge in [0, 0.05) is 6.42 Å². The molecule has 17 heavy (non-hydrogen) atoms. The summed E-state index contributed by atoms with van der Waals surface area (Å²) in [4.78, 5) is 4.62. The Labute approximate surface area is 104 Å². The van der Waals surface area contributed by atoms with Crippen LogP contribution in [0.2, 0.25) is 0 Å². The predicted octanol–water partition coefficient (Wildman–Crippen LogP) is 4.64. The molecule has 0 aliphatic carbocycles. The van der Waals surface area contributed by atoms with Crippen molar-refractivity contribution in [3.8, 4) is 0 Å². The van der Waals surface area contributed by atoms with Gasteiger partial charge in [-0.3, -0.25) is 0 Å². The Morgan fingerprint density at radius 3 is 2.65 bits per heavy atom. The molecule has 0 bridgehead atoms. The summed E-state index contributed by atoms with van der Waals surface area (Å²) in [5, 5.41) is 4.58. The highest BCUT2D eigenvalue weighted by Crippen LogP contribution is 2.34. The van der Waals surface area contributed by atoms with Gasteiger partial charge in [-0.1, -0.05) is 44.7 Å². The number of aryl methyl sites for hydroxylation is 1. The fraction of sp³-hybridized carbons (Fsp3) is 0.533. The summed E-state index contributed by atoms with van der Waals surface area (Å²) in [6, 6.07) is 6.20. The van der Waals surface area contributed by atoms with Gasteiger partial charge >= 0.3 is 0 Å². The number of nitrogens with zero attached hydrogens (tertiary/aromatic N) is 2. The lowest BCUT2D eigenvalue weighted by atomic mass is 10.1. The molecule has 1 aliphatic heterocycles. The van der Waals surface area contributed by atoms with Crippen LogP contribution in [0.5, 0.6) is 0 Å². The van der Waals surface area contributed by atoms with Crippen LogP contribution in [-0.4, -0.2) is 5.84 Å². The van der Waals surface area contributed by atoms with E-state index in [1.165, 1.54) is 37.7 Å². The zero-order chi connectivity index (χ0) is 12.1. The van der Waals surface area contributed by atoms with Crippen LogP contribution in [0.4, 0.5) is 11.4 Å². The number of fused-ring (bicyclic) bond motifs is 1. The number of aliphatic imine (C=N–C) groups is 1. The van der Waals surface area contributed by atoms with Gasteiger partial charge in [0.05, 0.1) is 11.4 Å². The first-order valence-electron chi connectivity index (χ1n) is 6.70. The van der Waals surface area contributed by atoms with E-state index >= 15 is 0 Å². The van der Waals surface area contributed by atoms with Crippen molar-refractivity contribution < 1.29 is 0 Å². The third-order valence-corrected chi connectivity index (χ3v) is 3.21. The van der Waals surface area contributed by atoms with Crippen molar-refractivity contribution in [1.29, 1.82) is 0 Å². The van der Waals surface area contributed by atoms with E-state index < -0.39 is 0 Å². The lowest BCUT2D eigenvalue weighted by molar-refractivity contribution is 0.641. The standard InChI is InChI=1S/C15H21N2/c1-3-4-5-6-7-11-14-16-13-10-8-9-12(2)15(13)17-14/h8-10H,3-7,11H2,1-2H3. The fourth-order valence-corrected chi connectivity index (χ4v) is 2.17. The molecule has 1 aromatic rings. The highest BCUT2D eigenvalue weighted by atomic mass is 15.1. The normalized spacial score (nSPS) is 13.2. The number of benzene rings is 1. The molecule has 91 valence electrons. The van der Waals surface area contributed by atoms with Crippen LogP contribution >= 0.6 is 0 Å². The van der Waals surface area contributed by atoms with Crippen LogP contribution in [0.15, 0.2) is 23.2 Å². The van der Waals surface area contributed by atoms with Crippen LogP contribution < -0.4 is 5.32 Å². The molecule has 2 heteroatoms. The zero-order valence-corrected chi connectivity index (χ0v) is 10.9. The van der Waals surface area contributed by atoms with Gasteiger partial charge in [0.2, 0.25) is 0 Å². The second-order valence-corrected chi connectivity index (χ2v) is 4.75. The van der Waals surface area contributed by atoms with E-state index in [0.29, 0.717) is 0 Å². The van der Waals surface area contributed by atoms with Crippen molar-refractivity contribution in [3.63, 3.8) is 0 Å². The minimum Gasteiger partial charge on any atom is -0.231 e. The van der Waals surface area contributed by atoms with E-state index in [1.54, 1.807) is 0 Å². The molecular formula is C15H21N2. The summed E-state index contributed by atoms with van der Waals surface area (Å²) in [6.07, 6.45) is 7.54. The number of para-hydroxylation sites is 1. The Hall–Kier alpha value is -1.31. The SMILES string of the molecule is CCCCCCCC1=Nc2c(C)cccc2[N]1. The van der Waals surface area contributed by atoms with Gasteiger partial charge in [-0.15, -0.1) is 0 Å². The summed E-state index contributed by atoms with van der Waals surface area (Å²) in [5.74, 6) is 1.02. The van der Waals surface area contributed by atoms with E-state index in [4.69, 9.17) is 0 Å². The van der Waals surface area contributed by atoms with Gasteiger partial charge in [-0.25, -0.2) is 10.3 Å². The molecule has 0 unspecified atom stereocenters. The highest BCUT2D eigenvalue weighted by Gasteiger charge is 2.16. The summed E-state index contributed by atoms with van der Waals surface area (Å²) in [7, 11) is 0. The molecule has 2 nitrogen and oxygen atoms in total. The van der Waals surface area contributed by atoms with Crippen LogP contribution in [0.1, 0.15) is 51.0 Å². The Kier molecular flexibility index (Phi) is 4.18.